The maximum Gasteiger partial charge on any atom is 0.240 e. The van der Waals surface area contributed by atoms with Crippen LogP contribution in [0.15, 0.2) is 46.9 Å². The quantitative estimate of drug-likeness (QED) is 0.820. The first-order valence-corrected chi connectivity index (χ1v) is 9.78. The molecule has 2 fully saturated rings. The number of amides is 2. The largest absolute Gasteiger partial charge is 0.465 e. The van der Waals surface area contributed by atoms with Crippen LogP contribution in [-0.2, 0) is 16.1 Å². The van der Waals surface area contributed by atoms with Crippen LogP contribution in [0.3, 0.4) is 0 Å². The van der Waals surface area contributed by atoms with E-state index in [4.69, 9.17) is 4.42 Å². The Bertz CT molecular complexity index is 821. The van der Waals surface area contributed by atoms with Gasteiger partial charge in [-0.05, 0) is 37.5 Å². The van der Waals surface area contributed by atoms with Gasteiger partial charge >= 0.3 is 0 Å². The molecule has 2 amide bonds. The molecule has 1 saturated carbocycles. The molecule has 1 unspecified atom stereocenters. The molecule has 142 valence electrons. The molecule has 1 aromatic heterocycles. The Morgan fingerprint density at radius 2 is 1.89 bits per heavy atom. The fourth-order valence-electron chi connectivity index (χ4n) is 4.70. The van der Waals surface area contributed by atoms with E-state index in [1.807, 2.05) is 37.3 Å². The van der Waals surface area contributed by atoms with Gasteiger partial charge in [0.25, 0.3) is 0 Å². The summed E-state index contributed by atoms with van der Waals surface area (Å²) >= 11 is 0. The zero-order valence-corrected chi connectivity index (χ0v) is 15.7. The molecule has 1 saturated heterocycles. The Balaban J connectivity index is 1.47. The van der Waals surface area contributed by atoms with E-state index in [1.165, 1.54) is 6.42 Å². The molecule has 0 bridgehead atoms. The van der Waals surface area contributed by atoms with E-state index in [0.717, 1.165) is 42.8 Å². The summed E-state index contributed by atoms with van der Waals surface area (Å²) in [7, 11) is 0. The summed E-state index contributed by atoms with van der Waals surface area (Å²) in [4.78, 5) is 27.3. The zero-order chi connectivity index (χ0) is 18.9. The summed E-state index contributed by atoms with van der Waals surface area (Å²) < 4.78 is 5.49. The van der Waals surface area contributed by atoms with Gasteiger partial charge in [0.1, 0.15) is 18.1 Å². The van der Waals surface area contributed by atoms with E-state index in [1.54, 1.807) is 4.90 Å². The van der Waals surface area contributed by atoms with Crippen molar-refractivity contribution >= 4 is 11.8 Å². The average Bonchev–Trinajstić information content (AvgIpc) is 3.12. The van der Waals surface area contributed by atoms with Gasteiger partial charge in [0.15, 0.2) is 0 Å². The molecule has 1 spiro atoms. The molecule has 2 aromatic rings. The van der Waals surface area contributed by atoms with Crippen molar-refractivity contribution in [3.8, 4) is 0 Å². The number of furan rings is 1. The normalized spacial score (nSPS) is 21.1. The number of aryl methyl sites for hydroxylation is 1. The van der Waals surface area contributed by atoms with Crippen LogP contribution in [0.2, 0.25) is 0 Å². The van der Waals surface area contributed by atoms with E-state index >= 15 is 0 Å². The second kappa shape index (κ2) is 7.22. The highest BCUT2D eigenvalue weighted by Gasteiger charge is 2.60. The molecular weight excluding hydrogens is 340 g/mol. The Morgan fingerprint density at radius 1 is 1.15 bits per heavy atom. The SMILES string of the molecule is Cc1ccc(CNC(=O)CN2C(=O)C3(CCCCC3)C2c2ccccc2)o1. The maximum absolute atomic E-state index is 13.1. The molecule has 1 aliphatic heterocycles. The highest BCUT2D eigenvalue weighted by Crippen LogP contribution is 2.57. The lowest BCUT2D eigenvalue weighted by Gasteiger charge is -2.58. The lowest BCUT2D eigenvalue weighted by molar-refractivity contribution is -0.180. The molecule has 1 N–H and O–H groups in total. The van der Waals surface area contributed by atoms with Crippen molar-refractivity contribution in [2.75, 3.05) is 6.54 Å². The van der Waals surface area contributed by atoms with E-state index < -0.39 is 0 Å². The predicted molar refractivity (Wildman–Crippen MR) is 102 cm³/mol. The average molecular weight is 366 g/mol. The zero-order valence-electron chi connectivity index (χ0n) is 15.7. The summed E-state index contributed by atoms with van der Waals surface area (Å²) in [5, 5.41) is 2.87. The topological polar surface area (TPSA) is 62.6 Å². The van der Waals surface area contributed by atoms with Crippen LogP contribution in [0, 0.1) is 12.3 Å². The van der Waals surface area contributed by atoms with Crippen molar-refractivity contribution in [3.05, 3.63) is 59.5 Å². The number of hydrogen-bond acceptors (Lipinski definition) is 3. The van der Waals surface area contributed by atoms with E-state index in [0.29, 0.717) is 6.54 Å². The Labute approximate surface area is 159 Å². The van der Waals surface area contributed by atoms with Gasteiger partial charge in [-0.1, -0.05) is 49.6 Å². The number of carbonyl (C=O) groups is 2. The van der Waals surface area contributed by atoms with Crippen LogP contribution in [0.4, 0.5) is 0 Å². The first kappa shape index (κ1) is 17.8. The molecule has 1 atom stereocenters. The second-order valence-corrected chi connectivity index (χ2v) is 7.75. The molecule has 0 radical (unpaired) electrons. The Morgan fingerprint density at radius 3 is 2.56 bits per heavy atom. The summed E-state index contributed by atoms with van der Waals surface area (Å²) in [6.45, 7) is 2.31. The number of rotatable bonds is 5. The van der Waals surface area contributed by atoms with Crippen LogP contribution in [0.5, 0.6) is 0 Å². The summed E-state index contributed by atoms with van der Waals surface area (Å²) in [6, 6.07) is 13.9. The molecule has 5 nitrogen and oxygen atoms in total. The van der Waals surface area contributed by atoms with Gasteiger partial charge in [-0.15, -0.1) is 0 Å². The minimum Gasteiger partial charge on any atom is -0.465 e. The minimum absolute atomic E-state index is 0.00288. The Hall–Kier alpha value is -2.56. The molecule has 1 aromatic carbocycles. The predicted octanol–water partition coefficient (Wildman–Crippen LogP) is 3.74. The molecule has 2 aliphatic rings. The van der Waals surface area contributed by atoms with Gasteiger partial charge < -0.3 is 14.6 Å². The molecule has 1 aliphatic carbocycles. The minimum atomic E-state index is -0.308. The van der Waals surface area contributed by atoms with Gasteiger partial charge in [-0.25, -0.2) is 0 Å². The lowest BCUT2D eigenvalue weighted by Crippen LogP contribution is -2.65. The van der Waals surface area contributed by atoms with E-state index in [9.17, 15) is 9.59 Å². The highest BCUT2D eigenvalue weighted by molar-refractivity contribution is 5.94. The lowest BCUT2D eigenvalue weighted by atomic mass is 9.60. The van der Waals surface area contributed by atoms with Crippen molar-refractivity contribution in [3.63, 3.8) is 0 Å². The number of carbonyl (C=O) groups excluding carboxylic acids is 2. The van der Waals surface area contributed by atoms with Gasteiger partial charge in [0.05, 0.1) is 18.0 Å². The van der Waals surface area contributed by atoms with Crippen LogP contribution in [0.1, 0.15) is 55.2 Å². The summed E-state index contributed by atoms with van der Waals surface area (Å²) in [5.41, 5.74) is 0.825. The molecule has 27 heavy (non-hydrogen) atoms. The van der Waals surface area contributed by atoms with Gasteiger partial charge in [-0.2, -0.15) is 0 Å². The molecular formula is C22H26N2O3. The number of β-lactam (4-membered cyclic amide) rings is 1. The Kier molecular flexibility index (Phi) is 4.77. The van der Waals surface area contributed by atoms with Crippen molar-refractivity contribution in [1.29, 1.82) is 0 Å². The maximum atomic E-state index is 13.1. The van der Waals surface area contributed by atoms with Crippen molar-refractivity contribution in [2.45, 2.75) is 51.6 Å². The van der Waals surface area contributed by atoms with Crippen LogP contribution >= 0.6 is 0 Å². The number of nitrogens with zero attached hydrogens (tertiary/aromatic N) is 1. The van der Waals surface area contributed by atoms with E-state index in [2.05, 4.69) is 17.4 Å². The number of benzene rings is 1. The first-order valence-electron chi connectivity index (χ1n) is 9.78. The fraction of sp³-hybridized carbons (Fsp3) is 0.455. The fourth-order valence-corrected chi connectivity index (χ4v) is 4.70. The summed E-state index contributed by atoms with van der Waals surface area (Å²) in [6.07, 6.45) is 5.23. The highest BCUT2D eigenvalue weighted by atomic mass is 16.3. The molecule has 2 heterocycles. The van der Waals surface area contributed by atoms with Crippen molar-refractivity contribution < 1.29 is 14.0 Å². The third-order valence-electron chi connectivity index (χ3n) is 5.95. The summed E-state index contributed by atoms with van der Waals surface area (Å²) in [5.74, 6) is 1.53. The standard InChI is InChI=1S/C22H26N2O3/c1-16-10-11-18(27-16)14-23-19(25)15-24-20(17-8-4-2-5-9-17)22(21(24)26)12-6-3-7-13-22/h2,4-5,8-11,20H,3,6-7,12-15H2,1H3,(H,23,25). The first-order chi connectivity index (χ1) is 13.1. The van der Waals surface area contributed by atoms with Gasteiger partial charge in [0.2, 0.25) is 11.8 Å². The third kappa shape index (κ3) is 3.27. The van der Waals surface area contributed by atoms with Crippen molar-refractivity contribution in [2.24, 2.45) is 5.41 Å². The number of hydrogen-bond donors (Lipinski definition) is 1. The van der Waals surface area contributed by atoms with Gasteiger partial charge in [0, 0.05) is 0 Å². The number of nitrogens with one attached hydrogen (secondary N) is 1. The smallest absolute Gasteiger partial charge is 0.240 e. The number of likely N-dealkylation sites (tertiary alicyclic amines) is 1. The second-order valence-electron chi connectivity index (χ2n) is 7.75. The van der Waals surface area contributed by atoms with E-state index in [-0.39, 0.29) is 29.8 Å². The molecule has 4 rings (SSSR count). The van der Waals surface area contributed by atoms with Gasteiger partial charge in [-0.3, -0.25) is 9.59 Å². The van der Waals surface area contributed by atoms with Crippen LogP contribution in [-0.4, -0.2) is 23.3 Å². The monoisotopic (exact) mass is 366 g/mol. The van der Waals surface area contributed by atoms with Crippen LogP contribution in [0.25, 0.3) is 0 Å². The third-order valence-corrected chi connectivity index (χ3v) is 5.95. The molecule has 5 heteroatoms. The van der Waals surface area contributed by atoms with Crippen LogP contribution < -0.4 is 5.32 Å². The van der Waals surface area contributed by atoms with Crippen molar-refractivity contribution in [1.82, 2.24) is 10.2 Å².